The van der Waals surface area contributed by atoms with Crippen molar-refractivity contribution in [1.29, 1.82) is 0 Å². The Morgan fingerprint density at radius 3 is 2.25 bits per heavy atom. The number of piperidine rings is 3. The van der Waals surface area contributed by atoms with Crippen molar-refractivity contribution in [3.8, 4) is 5.69 Å². The summed E-state index contributed by atoms with van der Waals surface area (Å²) in [7, 11) is 0. The van der Waals surface area contributed by atoms with Gasteiger partial charge in [0.1, 0.15) is 11.5 Å². The Balaban J connectivity index is 0.748. The van der Waals surface area contributed by atoms with Crippen LogP contribution in [0.3, 0.4) is 0 Å². The predicted molar refractivity (Wildman–Crippen MR) is 227 cm³/mol. The molecule has 1 saturated carbocycles. The van der Waals surface area contributed by atoms with Gasteiger partial charge in [0.25, 0.3) is 5.56 Å². The molecule has 3 aromatic carbocycles. The van der Waals surface area contributed by atoms with Crippen LogP contribution in [-0.2, 0) is 19.8 Å². The van der Waals surface area contributed by atoms with E-state index >= 15 is 8.78 Å². The molecule has 4 saturated heterocycles. The van der Waals surface area contributed by atoms with Crippen molar-refractivity contribution in [2.75, 3.05) is 55.6 Å². The van der Waals surface area contributed by atoms with E-state index in [1.165, 1.54) is 29.7 Å². The average molecular weight is 837 g/mol. The van der Waals surface area contributed by atoms with Gasteiger partial charge in [-0.2, -0.15) is 4.98 Å². The van der Waals surface area contributed by atoms with E-state index in [0.717, 1.165) is 94.7 Å². The highest BCUT2D eigenvalue weighted by Crippen LogP contribution is 2.52. The minimum Gasteiger partial charge on any atom is -0.371 e. The van der Waals surface area contributed by atoms with Gasteiger partial charge in [-0.25, -0.2) is 13.7 Å². The van der Waals surface area contributed by atoms with E-state index < -0.39 is 29.1 Å². The Morgan fingerprint density at radius 1 is 0.817 bits per heavy atom. The smallest absolute Gasteiger partial charge is 0.282 e. The first-order chi connectivity index (χ1) is 29.1. The second-order valence-corrected chi connectivity index (χ2v) is 18.5. The first-order valence-corrected chi connectivity index (χ1v) is 22.4. The summed E-state index contributed by atoms with van der Waals surface area (Å²) in [5, 5.41) is 0.928. The van der Waals surface area contributed by atoms with Gasteiger partial charge in [-0.1, -0.05) is 49.1 Å². The van der Waals surface area contributed by atoms with Crippen LogP contribution >= 0.6 is 11.6 Å². The van der Waals surface area contributed by atoms with Crippen molar-refractivity contribution in [2.45, 2.75) is 94.8 Å². The number of amides is 3. The minimum absolute atomic E-state index is 0.0812. The van der Waals surface area contributed by atoms with Crippen molar-refractivity contribution >= 4 is 51.6 Å². The van der Waals surface area contributed by atoms with Gasteiger partial charge in [0, 0.05) is 57.2 Å². The Bertz CT molecular complexity index is 2410. The number of rotatable bonds is 6. The fourth-order valence-electron chi connectivity index (χ4n) is 11.5. The van der Waals surface area contributed by atoms with Gasteiger partial charge in [0.15, 0.2) is 11.6 Å². The first kappa shape index (κ1) is 39.5. The zero-order chi connectivity index (χ0) is 41.3. The lowest BCUT2D eigenvalue weighted by Gasteiger charge is -2.35. The molecule has 0 N–H and O–H groups in total. The molecule has 10 nitrogen and oxygen atoms in total. The summed E-state index contributed by atoms with van der Waals surface area (Å²) < 4.78 is 32.7. The largest absolute Gasteiger partial charge is 0.371 e. The second kappa shape index (κ2) is 15.7. The van der Waals surface area contributed by atoms with Crippen molar-refractivity contribution in [3.63, 3.8) is 0 Å². The third-order valence-corrected chi connectivity index (χ3v) is 15.0. The molecule has 5 fully saturated rings. The SMILES string of the molecule is O=C(C1CCN(c2cc(F)c(N3C(=O)CCCC3=O)c(F)c2)CC1)N1CC[C@@H](CN2CCC(c3ccc4c(c3)-n3c(nc(=O)c5c(Cl)cccc53)C43CCCCC3)CC2)C1. The topological polar surface area (TPSA) is 99.1 Å². The number of benzene rings is 3. The molecular formula is C47H51ClF2N6O4. The number of nitrogens with zero attached hydrogens (tertiary/aromatic N) is 6. The Kier molecular flexibility index (Phi) is 10.3. The van der Waals surface area contributed by atoms with Crippen LogP contribution in [0.15, 0.2) is 53.3 Å². The summed E-state index contributed by atoms with van der Waals surface area (Å²) in [6.07, 6.45) is 10.3. The van der Waals surface area contributed by atoms with Crippen LogP contribution in [0.1, 0.15) is 106 Å². The summed E-state index contributed by atoms with van der Waals surface area (Å²) >= 11 is 6.60. The summed E-state index contributed by atoms with van der Waals surface area (Å²) in [5.74, 6) is -1.27. The van der Waals surface area contributed by atoms with Gasteiger partial charge < -0.3 is 14.7 Å². The Morgan fingerprint density at radius 2 is 1.53 bits per heavy atom. The molecule has 6 aliphatic rings. The summed E-state index contributed by atoms with van der Waals surface area (Å²) in [6, 6.07) is 15.1. The van der Waals surface area contributed by atoms with Crippen LogP contribution in [0, 0.1) is 23.5 Å². The number of likely N-dealkylation sites (tertiary alicyclic amines) is 2. The molecule has 1 atom stereocenters. The molecule has 10 rings (SSSR count). The maximum atomic E-state index is 15.2. The molecule has 13 heteroatoms. The Labute approximate surface area is 353 Å². The number of aromatic nitrogens is 2. The van der Waals surface area contributed by atoms with Crippen LogP contribution in [0.4, 0.5) is 20.2 Å². The molecule has 4 aromatic rings. The van der Waals surface area contributed by atoms with Gasteiger partial charge in [-0.3, -0.25) is 23.7 Å². The number of fused-ring (bicyclic) bond motifs is 7. The molecule has 0 bridgehead atoms. The minimum atomic E-state index is -0.932. The number of hydrogen-bond acceptors (Lipinski definition) is 7. The third-order valence-electron chi connectivity index (χ3n) is 14.7. The van der Waals surface area contributed by atoms with Crippen molar-refractivity contribution in [1.82, 2.24) is 19.4 Å². The van der Waals surface area contributed by atoms with Crippen LogP contribution in [0.5, 0.6) is 0 Å². The number of halogens is 3. The number of carbonyl (C=O) groups excluding carboxylic acids is 3. The van der Waals surface area contributed by atoms with Gasteiger partial charge in [-0.05, 0) is 118 Å². The maximum absolute atomic E-state index is 15.2. The fraction of sp³-hybridized carbons (Fsp3) is 0.511. The second-order valence-electron chi connectivity index (χ2n) is 18.1. The lowest BCUT2D eigenvalue weighted by Crippen LogP contribution is -2.43. The predicted octanol–water partition coefficient (Wildman–Crippen LogP) is 7.87. The molecule has 0 unspecified atom stereocenters. The van der Waals surface area contributed by atoms with E-state index in [1.54, 1.807) is 6.07 Å². The number of hydrogen-bond donors (Lipinski definition) is 0. The Hall–Kier alpha value is -4.68. The fourth-order valence-corrected chi connectivity index (χ4v) is 11.8. The van der Waals surface area contributed by atoms with E-state index in [2.05, 4.69) is 27.7 Å². The molecule has 3 amide bonds. The van der Waals surface area contributed by atoms with E-state index in [1.807, 2.05) is 21.9 Å². The molecule has 1 spiro atoms. The van der Waals surface area contributed by atoms with Crippen molar-refractivity contribution in [3.05, 3.63) is 92.5 Å². The van der Waals surface area contributed by atoms with Gasteiger partial charge >= 0.3 is 0 Å². The molecular weight excluding hydrogens is 786 g/mol. The van der Waals surface area contributed by atoms with Crippen molar-refractivity contribution < 1.29 is 23.2 Å². The molecule has 0 radical (unpaired) electrons. The van der Waals surface area contributed by atoms with E-state index in [-0.39, 0.29) is 35.6 Å². The number of imide groups is 1. The summed E-state index contributed by atoms with van der Waals surface area (Å²) in [4.78, 5) is 63.7. The molecule has 5 aliphatic heterocycles. The number of anilines is 2. The highest BCUT2D eigenvalue weighted by atomic mass is 35.5. The average Bonchev–Trinajstić information content (AvgIpc) is 3.82. The first-order valence-electron chi connectivity index (χ1n) is 22.1. The zero-order valence-corrected chi connectivity index (χ0v) is 34.7. The molecule has 1 aliphatic carbocycles. The van der Waals surface area contributed by atoms with E-state index in [9.17, 15) is 19.2 Å². The zero-order valence-electron chi connectivity index (χ0n) is 33.9. The van der Waals surface area contributed by atoms with Crippen LogP contribution in [0.2, 0.25) is 5.02 Å². The quantitative estimate of drug-likeness (QED) is 0.183. The number of carbonyl (C=O) groups is 3. The molecule has 1 aromatic heterocycles. The monoisotopic (exact) mass is 836 g/mol. The van der Waals surface area contributed by atoms with E-state index in [4.69, 9.17) is 16.6 Å². The lowest BCUT2D eigenvalue weighted by atomic mass is 9.69. The molecule has 314 valence electrons. The molecule has 60 heavy (non-hydrogen) atoms. The van der Waals surface area contributed by atoms with Crippen molar-refractivity contribution in [2.24, 2.45) is 11.8 Å². The van der Waals surface area contributed by atoms with Gasteiger partial charge in [0.2, 0.25) is 17.7 Å². The highest BCUT2D eigenvalue weighted by Gasteiger charge is 2.47. The van der Waals surface area contributed by atoms with Gasteiger partial charge in [-0.15, -0.1) is 0 Å². The maximum Gasteiger partial charge on any atom is 0.282 e. The third kappa shape index (κ3) is 6.73. The van der Waals surface area contributed by atoms with Gasteiger partial charge in [0.05, 0.1) is 27.0 Å². The molecule has 6 heterocycles. The summed E-state index contributed by atoms with van der Waals surface area (Å²) in [6.45, 7) is 5.47. The van der Waals surface area contributed by atoms with Crippen LogP contribution < -0.4 is 15.4 Å². The van der Waals surface area contributed by atoms with E-state index in [0.29, 0.717) is 65.2 Å². The van der Waals surface area contributed by atoms with Crippen LogP contribution in [-0.4, -0.2) is 82.9 Å². The summed E-state index contributed by atoms with van der Waals surface area (Å²) in [5.41, 5.74) is 3.89. The van der Waals surface area contributed by atoms with Crippen LogP contribution in [0.25, 0.3) is 16.6 Å². The normalized spacial score (nSPS) is 22.6. The highest BCUT2D eigenvalue weighted by molar-refractivity contribution is 6.35. The lowest BCUT2D eigenvalue weighted by molar-refractivity contribution is -0.135. The standard InChI is InChI=1S/C47H51ClF2N6O4/c48-35-6-4-7-38-42(35)44(59)51-46-47(17-2-1-3-18-47)34-11-10-32(24-39(34)55(38)46)30-13-19-52(20-14-30)27-29-12-21-54(28-29)45(60)31-15-22-53(23-16-31)33-25-36(49)43(37(50)26-33)56-40(57)8-5-9-41(56)58/h4,6-7,10-11,24-26,29-31H,1-3,5,8-9,12-23,27-28H2/t29-/m0/s1.